The van der Waals surface area contributed by atoms with Gasteiger partial charge in [0.1, 0.15) is 23.0 Å². The van der Waals surface area contributed by atoms with Gasteiger partial charge in [-0.15, -0.1) is 0 Å². The zero-order chi connectivity index (χ0) is 23.7. The fourth-order valence-corrected chi connectivity index (χ4v) is 4.68. The summed E-state index contributed by atoms with van der Waals surface area (Å²) < 4.78 is 28.8. The number of aryl methyl sites for hydroxylation is 1. The average molecular weight is 452 g/mol. The molecule has 5 nitrogen and oxygen atoms in total. The third-order valence-electron chi connectivity index (χ3n) is 6.48. The van der Waals surface area contributed by atoms with Crippen molar-refractivity contribution in [3.8, 4) is 11.3 Å². The lowest BCUT2D eigenvalue weighted by Gasteiger charge is -2.36. The maximum Gasteiger partial charge on any atom is 0.185 e. The molecule has 2 aromatic heterocycles. The van der Waals surface area contributed by atoms with Crippen molar-refractivity contribution in [2.24, 2.45) is 11.7 Å². The minimum atomic E-state index is -0.693. The number of hydrogen-bond acceptors (Lipinski definition) is 5. The summed E-state index contributed by atoms with van der Waals surface area (Å²) in [6, 6.07) is 8.37. The van der Waals surface area contributed by atoms with Crippen molar-refractivity contribution in [2.45, 2.75) is 51.2 Å². The highest BCUT2D eigenvalue weighted by molar-refractivity contribution is 5.96. The van der Waals surface area contributed by atoms with E-state index in [9.17, 15) is 18.7 Å². The number of nitrogens with two attached hydrogens (primary N) is 1. The monoisotopic (exact) mass is 451 g/mol. The first-order valence-electron chi connectivity index (χ1n) is 11.1. The minimum absolute atomic E-state index is 0.0213. The molecule has 1 aliphatic rings. The lowest BCUT2D eigenvalue weighted by molar-refractivity contribution is 0.0519. The number of carbonyl (C=O) groups is 1. The standard InChI is InChI=1S/C26H27F2N3O2/c1-14-3-4-20(27)19(9-14)25-21(28)5-6-23(31-25)24(32)12-17-13-30-8-7-18(17)16-10-15(2)26(33)22(29)11-16/h3-9,13,15-16,22,26,33H,10-12,29H2,1-2H3/t15-,16+,22+,26-/m0/s1. The van der Waals surface area contributed by atoms with E-state index >= 15 is 0 Å². The van der Waals surface area contributed by atoms with Crippen LogP contribution in [-0.2, 0) is 6.42 Å². The summed E-state index contributed by atoms with van der Waals surface area (Å²) in [6.45, 7) is 3.74. The molecule has 3 aromatic rings. The third kappa shape index (κ3) is 4.84. The molecule has 4 rings (SSSR count). The van der Waals surface area contributed by atoms with Crippen LogP contribution in [-0.4, -0.2) is 33.0 Å². The summed E-state index contributed by atoms with van der Waals surface area (Å²) in [5.74, 6) is -1.46. The Bertz CT molecular complexity index is 1170. The Balaban J connectivity index is 1.62. The summed E-state index contributed by atoms with van der Waals surface area (Å²) >= 11 is 0. The number of aromatic nitrogens is 2. The molecule has 1 fully saturated rings. The van der Waals surface area contributed by atoms with Gasteiger partial charge >= 0.3 is 0 Å². The van der Waals surface area contributed by atoms with Gasteiger partial charge < -0.3 is 10.8 Å². The van der Waals surface area contributed by atoms with Gasteiger partial charge in [-0.2, -0.15) is 0 Å². The van der Waals surface area contributed by atoms with E-state index in [0.717, 1.165) is 29.2 Å². The van der Waals surface area contributed by atoms with Crippen molar-refractivity contribution in [1.29, 1.82) is 0 Å². The van der Waals surface area contributed by atoms with E-state index in [1.54, 1.807) is 25.4 Å². The van der Waals surface area contributed by atoms with Gasteiger partial charge in [0.25, 0.3) is 0 Å². The molecule has 0 aliphatic heterocycles. The molecule has 0 radical (unpaired) electrons. The number of Topliss-reactive ketones (excluding diaryl/α,β-unsaturated/α-hetero) is 1. The molecule has 1 saturated carbocycles. The molecule has 4 atom stereocenters. The molecule has 7 heteroatoms. The van der Waals surface area contributed by atoms with Gasteiger partial charge in [0.05, 0.1) is 6.10 Å². The Morgan fingerprint density at radius 1 is 1.15 bits per heavy atom. The van der Waals surface area contributed by atoms with Crippen LogP contribution in [0.3, 0.4) is 0 Å². The van der Waals surface area contributed by atoms with Crippen molar-refractivity contribution in [2.75, 3.05) is 0 Å². The Morgan fingerprint density at radius 2 is 1.91 bits per heavy atom. The SMILES string of the molecule is Cc1ccc(F)c(-c2nc(C(=O)Cc3cnccc3[C@H]3C[C@@H](N)[C@@H](O)[C@@H](C)C3)ccc2F)c1. The zero-order valence-corrected chi connectivity index (χ0v) is 18.6. The molecule has 0 bridgehead atoms. The molecule has 0 amide bonds. The fraction of sp³-hybridized carbons (Fsp3) is 0.346. The molecular weight excluding hydrogens is 424 g/mol. The number of carbonyl (C=O) groups excluding carboxylic acids is 1. The number of aliphatic hydroxyl groups is 1. The van der Waals surface area contributed by atoms with Gasteiger partial charge in [-0.25, -0.2) is 13.8 Å². The number of hydrogen-bond donors (Lipinski definition) is 2. The summed E-state index contributed by atoms with van der Waals surface area (Å²) in [5.41, 5.74) is 8.51. The van der Waals surface area contributed by atoms with E-state index in [-0.39, 0.29) is 47.0 Å². The first kappa shape index (κ1) is 23.1. The van der Waals surface area contributed by atoms with E-state index < -0.39 is 17.7 Å². The highest BCUT2D eigenvalue weighted by atomic mass is 19.1. The molecular formula is C26H27F2N3O2. The van der Waals surface area contributed by atoms with Gasteiger partial charge in [-0.3, -0.25) is 9.78 Å². The van der Waals surface area contributed by atoms with Gasteiger partial charge in [-0.1, -0.05) is 18.6 Å². The maximum absolute atomic E-state index is 14.5. The quantitative estimate of drug-likeness (QED) is 0.563. The molecule has 3 N–H and O–H groups in total. The lowest BCUT2D eigenvalue weighted by atomic mass is 9.74. The summed E-state index contributed by atoms with van der Waals surface area (Å²) in [5, 5.41) is 10.2. The zero-order valence-electron chi connectivity index (χ0n) is 18.6. The van der Waals surface area contributed by atoms with Crippen molar-refractivity contribution >= 4 is 5.78 Å². The molecule has 33 heavy (non-hydrogen) atoms. The molecule has 172 valence electrons. The summed E-state index contributed by atoms with van der Waals surface area (Å²) in [7, 11) is 0. The van der Waals surface area contributed by atoms with Crippen molar-refractivity contribution in [3.05, 3.63) is 82.8 Å². The second-order valence-electron chi connectivity index (χ2n) is 8.98. The second-order valence-corrected chi connectivity index (χ2v) is 8.98. The van der Waals surface area contributed by atoms with Crippen molar-refractivity contribution < 1.29 is 18.7 Å². The number of benzene rings is 1. The van der Waals surface area contributed by atoms with Crippen LogP contribution in [0.4, 0.5) is 8.78 Å². The highest BCUT2D eigenvalue weighted by Gasteiger charge is 2.34. The number of nitrogens with zero attached hydrogens (tertiary/aromatic N) is 2. The van der Waals surface area contributed by atoms with E-state index in [0.29, 0.717) is 6.42 Å². The third-order valence-corrected chi connectivity index (χ3v) is 6.48. The van der Waals surface area contributed by atoms with Crippen LogP contribution in [0.1, 0.15) is 52.9 Å². The predicted molar refractivity (Wildman–Crippen MR) is 122 cm³/mol. The van der Waals surface area contributed by atoms with Gasteiger partial charge in [0.15, 0.2) is 5.78 Å². The van der Waals surface area contributed by atoms with Crippen LogP contribution >= 0.6 is 0 Å². The predicted octanol–water partition coefficient (Wildman–Crippen LogP) is 4.36. The molecule has 0 spiro atoms. The van der Waals surface area contributed by atoms with Crippen molar-refractivity contribution in [3.63, 3.8) is 0 Å². The fourth-order valence-electron chi connectivity index (χ4n) is 4.68. The van der Waals surface area contributed by atoms with Crippen LogP contribution < -0.4 is 5.73 Å². The molecule has 1 aromatic carbocycles. The van der Waals surface area contributed by atoms with Crippen LogP contribution in [0.15, 0.2) is 48.8 Å². The van der Waals surface area contributed by atoms with Crippen LogP contribution in [0.5, 0.6) is 0 Å². The van der Waals surface area contributed by atoms with E-state index in [4.69, 9.17) is 5.73 Å². The second kappa shape index (κ2) is 9.45. The van der Waals surface area contributed by atoms with Crippen LogP contribution in [0.25, 0.3) is 11.3 Å². The Hall–Kier alpha value is -3.03. The van der Waals surface area contributed by atoms with Gasteiger partial charge in [-0.05, 0) is 73.1 Å². The Kier molecular flexibility index (Phi) is 6.63. The Labute approximate surface area is 191 Å². The number of ketones is 1. The van der Waals surface area contributed by atoms with Crippen LogP contribution in [0, 0.1) is 24.5 Å². The first-order valence-corrected chi connectivity index (χ1v) is 11.1. The smallest absolute Gasteiger partial charge is 0.185 e. The number of pyridine rings is 2. The van der Waals surface area contributed by atoms with Crippen molar-refractivity contribution in [1.82, 2.24) is 9.97 Å². The first-order chi connectivity index (χ1) is 15.7. The van der Waals surface area contributed by atoms with E-state index in [1.165, 1.54) is 18.2 Å². The average Bonchev–Trinajstić information content (AvgIpc) is 2.79. The van der Waals surface area contributed by atoms with Gasteiger partial charge in [0.2, 0.25) is 0 Å². The molecule has 1 aliphatic carbocycles. The number of rotatable bonds is 5. The summed E-state index contributed by atoms with van der Waals surface area (Å²) in [6.07, 6.45) is 4.18. The van der Waals surface area contributed by atoms with Gasteiger partial charge in [0, 0.05) is 30.4 Å². The largest absolute Gasteiger partial charge is 0.391 e. The highest BCUT2D eigenvalue weighted by Crippen LogP contribution is 2.37. The Morgan fingerprint density at radius 3 is 2.67 bits per heavy atom. The summed E-state index contributed by atoms with van der Waals surface area (Å²) in [4.78, 5) is 21.5. The minimum Gasteiger partial charge on any atom is -0.391 e. The topological polar surface area (TPSA) is 89.1 Å². The van der Waals surface area contributed by atoms with E-state index in [2.05, 4.69) is 9.97 Å². The maximum atomic E-state index is 14.5. The molecule has 0 saturated heterocycles. The van der Waals surface area contributed by atoms with Crippen LogP contribution in [0.2, 0.25) is 0 Å². The number of halogens is 2. The molecule has 2 heterocycles. The number of aliphatic hydroxyl groups excluding tert-OH is 1. The lowest BCUT2D eigenvalue weighted by Crippen LogP contribution is -2.44. The molecule has 0 unspecified atom stereocenters. The normalized spacial score (nSPS) is 22.8. The van der Waals surface area contributed by atoms with E-state index in [1.807, 2.05) is 13.0 Å².